The van der Waals surface area contributed by atoms with E-state index in [1.54, 1.807) is 24.5 Å². The fourth-order valence-electron chi connectivity index (χ4n) is 3.26. The Morgan fingerprint density at radius 2 is 2.28 bits per heavy atom. The average Bonchev–Trinajstić information content (AvgIpc) is 3.18. The van der Waals surface area contributed by atoms with Gasteiger partial charge in [0.25, 0.3) is 5.91 Å². The van der Waals surface area contributed by atoms with E-state index in [0.29, 0.717) is 17.9 Å². The third kappa shape index (κ3) is 4.57. The Labute approximate surface area is 147 Å². The number of hydrogen-bond acceptors (Lipinski definition) is 5. The van der Waals surface area contributed by atoms with Gasteiger partial charge in [0.15, 0.2) is 0 Å². The largest absolute Gasteiger partial charge is 0.395 e. The van der Waals surface area contributed by atoms with Crippen molar-refractivity contribution in [3.63, 3.8) is 0 Å². The molecule has 2 aromatic rings. The molecule has 7 nitrogen and oxygen atoms in total. The average molecular weight is 343 g/mol. The second-order valence-electron chi connectivity index (χ2n) is 6.29. The molecule has 2 aromatic heterocycles. The Kier molecular flexibility index (Phi) is 6.00. The second kappa shape index (κ2) is 8.62. The minimum Gasteiger partial charge on any atom is -0.395 e. The van der Waals surface area contributed by atoms with Gasteiger partial charge < -0.3 is 15.3 Å². The molecule has 1 fully saturated rings. The zero-order chi connectivity index (χ0) is 17.5. The number of nitrogens with zero attached hydrogens (tertiary/aromatic N) is 4. The second-order valence-corrected chi connectivity index (χ2v) is 6.29. The number of carbonyl (C=O) groups is 1. The van der Waals surface area contributed by atoms with Crippen LogP contribution in [-0.4, -0.2) is 56.4 Å². The molecule has 1 aliphatic rings. The van der Waals surface area contributed by atoms with E-state index in [1.807, 2.05) is 21.8 Å². The molecule has 25 heavy (non-hydrogen) atoms. The van der Waals surface area contributed by atoms with E-state index < -0.39 is 0 Å². The maximum absolute atomic E-state index is 12.9. The van der Waals surface area contributed by atoms with Crippen LogP contribution in [0.2, 0.25) is 0 Å². The number of hydrogen-bond donors (Lipinski definition) is 2. The quantitative estimate of drug-likeness (QED) is 0.800. The molecule has 0 unspecified atom stereocenters. The van der Waals surface area contributed by atoms with Gasteiger partial charge in [-0.05, 0) is 43.9 Å². The highest BCUT2D eigenvalue weighted by Gasteiger charge is 2.27. The minimum absolute atomic E-state index is 0.0476. The number of piperidine rings is 1. The molecule has 134 valence electrons. The van der Waals surface area contributed by atoms with E-state index in [9.17, 15) is 4.79 Å². The summed E-state index contributed by atoms with van der Waals surface area (Å²) in [6.45, 7) is 2.12. The molecule has 3 heterocycles. The number of carbonyl (C=O) groups excluding carboxylic acids is 1. The van der Waals surface area contributed by atoms with E-state index in [0.717, 1.165) is 38.8 Å². The monoisotopic (exact) mass is 343 g/mol. The molecule has 0 aliphatic carbocycles. The van der Waals surface area contributed by atoms with Crippen LogP contribution in [0.4, 0.5) is 5.82 Å². The number of rotatable bonds is 7. The maximum atomic E-state index is 12.9. The van der Waals surface area contributed by atoms with E-state index in [2.05, 4.69) is 15.4 Å². The predicted octanol–water partition coefficient (Wildman–Crippen LogP) is 1.77. The van der Waals surface area contributed by atoms with Crippen molar-refractivity contribution >= 4 is 11.7 Å². The van der Waals surface area contributed by atoms with Crippen LogP contribution in [0.15, 0.2) is 36.8 Å². The van der Waals surface area contributed by atoms with Gasteiger partial charge in [-0.3, -0.25) is 9.48 Å². The topological polar surface area (TPSA) is 83.3 Å². The molecule has 2 N–H and O–H groups in total. The first-order valence-corrected chi connectivity index (χ1v) is 8.87. The molecular weight excluding hydrogens is 318 g/mol. The Morgan fingerprint density at radius 3 is 3.00 bits per heavy atom. The molecule has 1 atom stereocenters. The van der Waals surface area contributed by atoms with Crippen LogP contribution in [0.1, 0.15) is 36.0 Å². The molecule has 0 bridgehead atoms. The summed E-state index contributed by atoms with van der Waals surface area (Å²) >= 11 is 0. The van der Waals surface area contributed by atoms with Crippen LogP contribution >= 0.6 is 0 Å². The molecule has 1 aliphatic heterocycles. The fraction of sp³-hybridized carbons (Fsp3) is 0.500. The number of aliphatic hydroxyl groups excluding tert-OH is 1. The number of amides is 1. The highest BCUT2D eigenvalue weighted by atomic mass is 16.3. The highest BCUT2D eigenvalue weighted by Crippen LogP contribution is 2.22. The molecule has 1 amide bonds. The molecule has 0 aromatic carbocycles. The van der Waals surface area contributed by atoms with Gasteiger partial charge >= 0.3 is 0 Å². The summed E-state index contributed by atoms with van der Waals surface area (Å²) in [5.41, 5.74) is 0.612. The van der Waals surface area contributed by atoms with Crippen LogP contribution in [0.25, 0.3) is 0 Å². The van der Waals surface area contributed by atoms with E-state index in [1.165, 1.54) is 0 Å². The normalized spacial score (nSPS) is 17.5. The van der Waals surface area contributed by atoms with Crippen LogP contribution < -0.4 is 5.32 Å². The fourth-order valence-corrected chi connectivity index (χ4v) is 3.26. The third-order valence-corrected chi connectivity index (χ3v) is 4.57. The van der Waals surface area contributed by atoms with E-state index in [-0.39, 0.29) is 18.6 Å². The van der Waals surface area contributed by atoms with Crippen molar-refractivity contribution in [3.8, 4) is 0 Å². The number of aliphatic hydroxyl groups is 1. The number of aryl methyl sites for hydroxylation is 1. The highest BCUT2D eigenvalue weighted by molar-refractivity contribution is 5.94. The van der Waals surface area contributed by atoms with Crippen LogP contribution in [-0.2, 0) is 6.54 Å². The molecule has 0 radical (unpaired) electrons. The lowest BCUT2D eigenvalue weighted by molar-refractivity contribution is 0.0593. The lowest BCUT2D eigenvalue weighted by atomic mass is 9.98. The summed E-state index contributed by atoms with van der Waals surface area (Å²) < 4.78 is 1.92. The van der Waals surface area contributed by atoms with Gasteiger partial charge in [-0.15, -0.1) is 0 Å². The van der Waals surface area contributed by atoms with E-state index in [4.69, 9.17) is 5.11 Å². The smallest absolute Gasteiger partial charge is 0.255 e. The number of likely N-dealkylation sites (tertiary alicyclic amines) is 1. The van der Waals surface area contributed by atoms with E-state index >= 15 is 0 Å². The Morgan fingerprint density at radius 1 is 1.36 bits per heavy atom. The summed E-state index contributed by atoms with van der Waals surface area (Å²) in [5.74, 6) is 0.714. The zero-order valence-electron chi connectivity index (χ0n) is 14.3. The number of pyridine rings is 1. The van der Waals surface area contributed by atoms with Crippen LogP contribution in [0.3, 0.4) is 0 Å². The molecule has 3 rings (SSSR count). The number of aromatic nitrogens is 3. The summed E-state index contributed by atoms with van der Waals surface area (Å²) in [4.78, 5) is 19.2. The van der Waals surface area contributed by atoms with Gasteiger partial charge in [0.05, 0.1) is 12.2 Å². The summed E-state index contributed by atoms with van der Waals surface area (Å²) in [6.07, 6.45) is 9.51. The molecule has 0 saturated carbocycles. The van der Waals surface area contributed by atoms with Crippen molar-refractivity contribution < 1.29 is 9.90 Å². The predicted molar refractivity (Wildman–Crippen MR) is 95.3 cm³/mol. The first-order chi connectivity index (χ1) is 12.3. The van der Waals surface area contributed by atoms with Gasteiger partial charge in [0.1, 0.15) is 5.82 Å². The molecule has 7 heteroatoms. The van der Waals surface area contributed by atoms with Crippen LogP contribution in [0.5, 0.6) is 0 Å². The van der Waals surface area contributed by atoms with Crippen molar-refractivity contribution in [2.24, 2.45) is 0 Å². The van der Waals surface area contributed by atoms with Gasteiger partial charge in [-0.25, -0.2) is 4.98 Å². The zero-order valence-corrected chi connectivity index (χ0v) is 14.3. The molecular formula is C18H25N5O2. The lowest BCUT2D eigenvalue weighted by Gasteiger charge is -2.36. The third-order valence-electron chi connectivity index (χ3n) is 4.57. The summed E-state index contributed by atoms with van der Waals surface area (Å²) in [5, 5.41) is 16.1. The van der Waals surface area contributed by atoms with Gasteiger partial charge in [0.2, 0.25) is 0 Å². The van der Waals surface area contributed by atoms with Crippen molar-refractivity contribution in [1.82, 2.24) is 19.7 Å². The molecule has 0 spiro atoms. The van der Waals surface area contributed by atoms with Crippen molar-refractivity contribution in [2.75, 3.05) is 25.0 Å². The first-order valence-electron chi connectivity index (χ1n) is 8.87. The van der Waals surface area contributed by atoms with Crippen molar-refractivity contribution in [1.29, 1.82) is 0 Å². The minimum atomic E-state index is 0.0476. The van der Waals surface area contributed by atoms with Gasteiger partial charge in [0, 0.05) is 44.3 Å². The first kappa shape index (κ1) is 17.4. The Balaban J connectivity index is 1.63. The Hall–Kier alpha value is -2.41. The standard InChI is InChI=1S/C18H25N5O2/c24-13-9-19-17-6-5-15(14-20-17)18(25)23-11-2-1-4-16(23)7-12-22-10-3-8-21-22/h3,5-6,8,10,14,16,24H,1-2,4,7,9,11-13H2,(H,19,20)/t16-/m0/s1. The van der Waals surface area contributed by atoms with Crippen LogP contribution in [0, 0.1) is 0 Å². The maximum Gasteiger partial charge on any atom is 0.255 e. The van der Waals surface area contributed by atoms with Crippen molar-refractivity contribution in [2.45, 2.75) is 38.3 Å². The van der Waals surface area contributed by atoms with Crippen molar-refractivity contribution in [3.05, 3.63) is 42.4 Å². The number of anilines is 1. The Bertz CT molecular complexity index is 657. The summed E-state index contributed by atoms with van der Waals surface area (Å²) in [7, 11) is 0. The lowest BCUT2D eigenvalue weighted by Crippen LogP contribution is -2.44. The summed E-state index contributed by atoms with van der Waals surface area (Å²) in [6, 6.07) is 5.75. The van der Waals surface area contributed by atoms with Gasteiger partial charge in [-0.2, -0.15) is 5.10 Å². The van der Waals surface area contributed by atoms with Gasteiger partial charge in [-0.1, -0.05) is 0 Å². The molecule has 1 saturated heterocycles. The SMILES string of the molecule is O=C(c1ccc(NCCO)nc1)N1CCCC[C@H]1CCn1cccn1. The number of nitrogens with one attached hydrogen (secondary N) is 1.